The Morgan fingerprint density at radius 3 is 2.74 bits per heavy atom. The van der Waals surface area contributed by atoms with E-state index in [0.29, 0.717) is 5.56 Å². The summed E-state index contributed by atoms with van der Waals surface area (Å²) in [6, 6.07) is 9.58. The number of rotatable bonds is 4. The molecule has 0 saturated carbocycles. The standard InChI is InChI=1S/C16H19FN2/c1-12-9-14(6-7-16(12)17)11-19(3)13(2)15-5-4-8-18-10-15/h4-10,13H,11H2,1-3H3. The third-order valence-corrected chi connectivity index (χ3v) is 3.48. The lowest BCUT2D eigenvalue weighted by atomic mass is 10.1. The summed E-state index contributed by atoms with van der Waals surface area (Å²) in [4.78, 5) is 6.37. The Kier molecular flexibility index (Phi) is 4.27. The van der Waals surface area contributed by atoms with Crippen LogP contribution in [0.15, 0.2) is 42.7 Å². The Morgan fingerprint density at radius 2 is 2.11 bits per heavy atom. The van der Waals surface area contributed by atoms with Crippen LogP contribution in [0.4, 0.5) is 4.39 Å². The molecule has 0 saturated heterocycles. The Hall–Kier alpha value is -1.74. The summed E-state index contributed by atoms with van der Waals surface area (Å²) in [5.41, 5.74) is 3.00. The molecular weight excluding hydrogens is 239 g/mol. The number of benzene rings is 1. The van der Waals surface area contributed by atoms with Gasteiger partial charge in [-0.3, -0.25) is 9.88 Å². The summed E-state index contributed by atoms with van der Waals surface area (Å²) in [5.74, 6) is -0.147. The van der Waals surface area contributed by atoms with Crippen molar-refractivity contribution in [2.24, 2.45) is 0 Å². The van der Waals surface area contributed by atoms with Crippen LogP contribution in [0.5, 0.6) is 0 Å². The first-order chi connectivity index (χ1) is 9.08. The Morgan fingerprint density at radius 1 is 1.32 bits per heavy atom. The highest BCUT2D eigenvalue weighted by atomic mass is 19.1. The van der Waals surface area contributed by atoms with Gasteiger partial charge in [-0.25, -0.2) is 4.39 Å². The number of pyridine rings is 1. The molecule has 1 heterocycles. The highest BCUT2D eigenvalue weighted by Crippen LogP contribution is 2.20. The summed E-state index contributed by atoms with van der Waals surface area (Å²) in [6.45, 7) is 4.73. The van der Waals surface area contributed by atoms with Gasteiger partial charge in [0.2, 0.25) is 0 Å². The van der Waals surface area contributed by atoms with Gasteiger partial charge in [-0.05, 0) is 49.7 Å². The number of hydrogen-bond acceptors (Lipinski definition) is 2. The van der Waals surface area contributed by atoms with Gasteiger partial charge in [-0.1, -0.05) is 18.2 Å². The molecule has 1 atom stereocenters. The maximum absolute atomic E-state index is 13.2. The number of nitrogens with zero attached hydrogens (tertiary/aromatic N) is 2. The zero-order valence-corrected chi connectivity index (χ0v) is 11.6. The lowest BCUT2D eigenvalue weighted by Crippen LogP contribution is -2.22. The number of aromatic nitrogens is 1. The molecule has 100 valence electrons. The molecule has 1 aromatic heterocycles. The highest BCUT2D eigenvalue weighted by Gasteiger charge is 2.12. The molecule has 2 aromatic rings. The van der Waals surface area contributed by atoms with Crippen molar-refractivity contribution >= 4 is 0 Å². The van der Waals surface area contributed by atoms with Crippen LogP contribution in [0.1, 0.15) is 29.7 Å². The van der Waals surface area contributed by atoms with Crippen molar-refractivity contribution in [2.75, 3.05) is 7.05 Å². The van der Waals surface area contributed by atoms with E-state index in [0.717, 1.165) is 12.1 Å². The Labute approximate surface area is 113 Å². The van der Waals surface area contributed by atoms with Crippen molar-refractivity contribution in [2.45, 2.75) is 26.4 Å². The molecule has 0 N–H and O–H groups in total. The Bertz CT molecular complexity index is 540. The smallest absolute Gasteiger partial charge is 0.126 e. The predicted octanol–water partition coefficient (Wildman–Crippen LogP) is 3.72. The second-order valence-electron chi connectivity index (χ2n) is 4.96. The average molecular weight is 258 g/mol. The lowest BCUT2D eigenvalue weighted by molar-refractivity contribution is 0.252. The van der Waals surface area contributed by atoms with E-state index in [-0.39, 0.29) is 11.9 Å². The molecule has 1 aromatic carbocycles. The maximum atomic E-state index is 13.2. The molecule has 0 fully saturated rings. The summed E-state index contributed by atoms with van der Waals surface area (Å²) in [5, 5.41) is 0. The van der Waals surface area contributed by atoms with Crippen LogP contribution in [-0.4, -0.2) is 16.9 Å². The van der Waals surface area contributed by atoms with E-state index in [1.54, 1.807) is 13.1 Å². The zero-order chi connectivity index (χ0) is 13.8. The van der Waals surface area contributed by atoms with Crippen molar-refractivity contribution < 1.29 is 4.39 Å². The molecule has 0 amide bonds. The topological polar surface area (TPSA) is 16.1 Å². The fraction of sp³-hybridized carbons (Fsp3) is 0.312. The largest absolute Gasteiger partial charge is 0.295 e. The van der Waals surface area contributed by atoms with E-state index in [2.05, 4.69) is 29.9 Å². The van der Waals surface area contributed by atoms with Gasteiger partial charge in [-0.2, -0.15) is 0 Å². The van der Waals surface area contributed by atoms with Gasteiger partial charge < -0.3 is 0 Å². The van der Waals surface area contributed by atoms with Crippen molar-refractivity contribution in [3.8, 4) is 0 Å². The maximum Gasteiger partial charge on any atom is 0.126 e. The highest BCUT2D eigenvalue weighted by molar-refractivity contribution is 5.24. The zero-order valence-electron chi connectivity index (χ0n) is 11.6. The van der Waals surface area contributed by atoms with Gasteiger partial charge in [-0.15, -0.1) is 0 Å². The second kappa shape index (κ2) is 5.93. The summed E-state index contributed by atoms with van der Waals surface area (Å²) in [6.07, 6.45) is 3.66. The van der Waals surface area contributed by atoms with Crippen LogP contribution in [0.2, 0.25) is 0 Å². The molecule has 0 spiro atoms. The lowest BCUT2D eigenvalue weighted by Gasteiger charge is -2.25. The van der Waals surface area contributed by atoms with Crippen molar-refractivity contribution in [1.29, 1.82) is 0 Å². The quantitative estimate of drug-likeness (QED) is 0.831. The van der Waals surface area contributed by atoms with Gasteiger partial charge in [0, 0.05) is 25.0 Å². The number of halogens is 1. The molecule has 0 aliphatic rings. The van der Waals surface area contributed by atoms with Crippen LogP contribution >= 0.6 is 0 Å². The molecule has 2 nitrogen and oxygen atoms in total. The number of hydrogen-bond donors (Lipinski definition) is 0. The monoisotopic (exact) mass is 258 g/mol. The van der Waals surface area contributed by atoms with Gasteiger partial charge in [0.1, 0.15) is 5.82 Å². The van der Waals surface area contributed by atoms with Crippen molar-refractivity contribution in [1.82, 2.24) is 9.88 Å². The van der Waals surface area contributed by atoms with Gasteiger partial charge >= 0.3 is 0 Å². The molecule has 0 bridgehead atoms. The molecule has 3 heteroatoms. The van der Waals surface area contributed by atoms with Crippen LogP contribution in [0, 0.1) is 12.7 Å². The molecule has 19 heavy (non-hydrogen) atoms. The normalized spacial score (nSPS) is 12.7. The molecule has 2 rings (SSSR count). The van der Waals surface area contributed by atoms with Gasteiger partial charge in [0.25, 0.3) is 0 Å². The first kappa shape index (κ1) is 13.7. The van der Waals surface area contributed by atoms with Crippen LogP contribution < -0.4 is 0 Å². The first-order valence-electron chi connectivity index (χ1n) is 6.43. The third-order valence-electron chi connectivity index (χ3n) is 3.48. The second-order valence-corrected chi connectivity index (χ2v) is 4.96. The summed E-state index contributed by atoms with van der Waals surface area (Å²) >= 11 is 0. The fourth-order valence-corrected chi connectivity index (χ4v) is 2.11. The molecular formula is C16H19FN2. The minimum absolute atomic E-state index is 0.147. The fourth-order valence-electron chi connectivity index (χ4n) is 2.11. The minimum atomic E-state index is -0.147. The molecule has 1 unspecified atom stereocenters. The van der Waals surface area contributed by atoms with E-state index in [4.69, 9.17) is 0 Å². The average Bonchev–Trinajstić information content (AvgIpc) is 2.43. The SMILES string of the molecule is Cc1cc(CN(C)C(C)c2cccnc2)ccc1F. The van der Waals surface area contributed by atoms with Crippen LogP contribution in [0.3, 0.4) is 0 Å². The van der Waals surface area contributed by atoms with E-state index in [1.165, 1.54) is 11.6 Å². The predicted molar refractivity (Wildman–Crippen MR) is 75.3 cm³/mol. The molecule has 0 aliphatic carbocycles. The van der Waals surface area contributed by atoms with Crippen molar-refractivity contribution in [3.05, 3.63) is 65.2 Å². The van der Waals surface area contributed by atoms with E-state index >= 15 is 0 Å². The summed E-state index contributed by atoms with van der Waals surface area (Å²) in [7, 11) is 2.07. The van der Waals surface area contributed by atoms with Crippen LogP contribution in [0.25, 0.3) is 0 Å². The Balaban J connectivity index is 2.08. The molecule has 0 radical (unpaired) electrons. The first-order valence-corrected chi connectivity index (χ1v) is 6.43. The van der Waals surface area contributed by atoms with Gasteiger partial charge in [0.05, 0.1) is 0 Å². The van der Waals surface area contributed by atoms with E-state index in [9.17, 15) is 4.39 Å². The van der Waals surface area contributed by atoms with Crippen LogP contribution in [-0.2, 0) is 6.54 Å². The molecule has 0 aliphatic heterocycles. The van der Waals surface area contributed by atoms with E-state index < -0.39 is 0 Å². The van der Waals surface area contributed by atoms with E-state index in [1.807, 2.05) is 24.4 Å². The summed E-state index contributed by atoms with van der Waals surface area (Å²) < 4.78 is 13.2. The number of aryl methyl sites for hydroxylation is 1. The third kappa shape index (κ3) is 3.38. The van der Waals surface area contributed by atoms with Crippen molar-refractivity contribution in [3.63, 3.8) is 0 Å². The van der Waals surface area contributed by atoms with Gasteiger partial charge in [0.15, 0.2) is 0 Å². The minimum Gasteiger partial charge on any atom is -0.295 e.